The molecule has 3 saturated heterocycles. The van der Waals surface area contributed by atoms with Crippen LogP contribution in [0.3, 0.4) is 0 Å². The molecule has 138 valence electrons. The maximum Gasteiger partial charge on any atom is 0.412 e. The van der Waals surface area contributed by atoms with E-state index in [9.17, 15) is 10.1 Å². The van der Waals surface area contributed by atoms with Crippen LogP contribution >= 0.6 is 0 Å². The number of hydrogen-bond acceptors (Lipinski definition) is 5. The van der Waals surface area contributed by atoms with Gasteiger partial charge in [-0.1, -0.05) is 18.2 Å². The number of hydrogen-bond donors (Lipinski definition) is 1. The third kappa shape index (κ3) is 3.79. The lowest BCUT2D eigenvalue weighted by molar-refractivity contribution is -0.0741. The first-order valence-electron chi connectivity index (χ1n) is 9.34. The number of carbonyl (C=O) groups is 1. The van der Waals surface area contributed by atoms with Gasteiger partial charge in [0.15, 0.2) is 0 Å². The molecule has 5 rings (SSSR count). The van der Waals surface area contributed by atoms with Crippen molar-refractivity contribution in [2.75, 3.05) is 18.4 Å². The van der Waals surface area contributed by atoms with Gasteiger partial charge in [-0.3, -0.25) is 15.2 Å². The smallest absolute Gasteiger partial charge is 0.412 e. The maximum absolute atomic E-state index is 12.5. The molecule has 0 spiro atoms. The lowest BCUT2D eigenvalue weighted by Crippen LogP contribution is -2.60. The second-order valence-corrected chi connectivity index (χ2v) is 7.16. The molecule has 0 aliphatic carbocycles. The fraction of sp³-hybridized carbons (Fsp3) is 0.381. The third-order valence-corrected chi connectivity index (χ3v) is 5.58. The molecular weight excluding hydrogens is 340 g/mol. The molecule has 2 atom stereocenters. The van der Waals surface area contributed by atoms with E-state index >= 15 is 0 Å². The third-order valence-electron chi connectivity index (χ3n) is 5.58. The van der Waals surface area contributed by atoms with Crippen molar-refractivity contribution in [3.63, 3.8) is 0 Å². The van der Waals surface area contributed by atoms with Gasteiger partial charge in [-0.2, -0.15) is 5.26 Å². The highest BCUT2D eigenvalue weighted by molar-refractivity contribution is 5.86. The first kappa shape index (κ1) is 17.5. The van der Waals surface area contributed by atoms with Gasteiger partial charge < -0.3 is 4.74 Å². The quantitative estimate of drug-likeness (QED) is 0.904. The maximum atomic E-state index is 12.5. The Kier molecular flexibility index (Phi) is 5.03. The second-order valence-electron chi connectivity index (χ2n) is 7.16. The lowest BCUT2D eigenvalue weighted by Gasteiger charge is -2.50. The Bertz CT molecular complexity index is 841. The first-order valence-corrected chi connectivity index (χ1v) is 9.34. The van der Waals surface area contributed by atoms with Crippen molar-refractivity contribution in [2.24, 2.45) is 5.92 Å². The van der Waals surface area contributed by atoms with Crippen LogP contribution in [0.4, 0.5) is 10.5 Å². The molecule has 0 saturated carbocycles. The number of anilines is 1. The average Bonchev–Trinajstić information content (AvgIpc) is 2.71. The predicted octanol–water partition coefficient (Wildman–Crippen LogP) is 3.21. The zero-order valence-electron chi connectivity index (χ0n) is 15.0. The first-order chi connectivity index (χ1) is 13.2. The van der Waals surface area contributed by atoms with E-state index in [1.165, 1.54) is 0 Å². The van der Waals surface area contributed by atoms with E-state index in [4.69, 9.17) is 4.74 Å². The summed E-state index contributed by atoms with van der Waals surface area (Å²) in [5.41, 5.74) is 2.06. The molecule has 6 heteroatoms. The van der Waals surface area contributed by atoms with Crippen LogP contribution in [-0.4, -0.2) is 41.2 Å². The zero-order chi connectivity index (χ0) is 18.6. The molecule has 0 unspecified atom stereocenters. The summed E-state index contributed by atoms with van der Waals surface area (Å²) in [6.45, 7) is 2.10. The Labute approximate surface area is 158 Å². The van der Waals surface area contributed by atoms with Gasteiger partial charge in [0.05, 0.1) is 17.3 Å². The van der Waals surface area contributed by atoms with Gasteiger partial charge in [-0.15, -0.1) is 0 Å². The number of benzene rings is 1. The number of nitrogens with one attached hydrogen (secondary N) is 1. The standard InChI is InChI=1S/C21H22N4O2/c22-13-17-5-1-2-6-18(17)24-21(26)27-20-16-7-10-25(11-8-16)19(20)12-15-4-3-9-23-14-15/h1-6,9,14,16,19-20H,7-8,10-12H2,(H,24,26)/t19-,20+/m0/s1. The molecular formula is C21H22N4O2. The van der Waals surface area contributed by atoms with Crippen molar-refractivity contribution in [3.8, 4) is 6.07 Å². The molecule has 1 N–H and O–H groups in total. The van der Waals surface area contributed by atoms with Crippen molar-refractivity contribution < 1.29 is 9.53 Å². The lowest BCUT2D eigenvalue weighted by atomic mass is 9.78. The Morgan fingerprint density at radius 1 is 1.26 bits per heavy atom. The van der Waals surface area contributed by atoms with E-state index < -0.39 is 6.09 Å². The number of piperidine rings is 3. The number of amides is 1. The molecule has 3 aliphatic heterocycles. The molecule has 1 aromatic carbocycles. The minimum Gasteiger partial charge on any atom is -0.444 e. The van der Waals surface area contributed by atoms with Gasteiger partial charge in [0, 0.05) is 18.3 Å². The summed E-state index contributed by atoms with van der Waals surface area (Å²) < 4.78 is 5.89. The molecule has 1 aromatic heterocycles. The highest BCUT2D eigenvalue weighted by atomic mass is 16.6. The van der Waals surface area contributed by atoms with Gasteiger partial charge in [-0.05, 0) is 56.1 Å². The summed E-state index contributed by atoms with van der Waals surface area (Å²) in [5, 5.41) is 11.9. The van der Waals surface area contributed by atoms with E-state index in [1.54, 1.807) is 30.5 Å². The fourth-order valence-corrected chi connectivity index (χ4v) is 4.23. The van der Waals surface area contributed by atoms with Gasteiger partial charge in [0.2, 0.25) is 0 Å². The zero-order valence-corrected chi connectivity index (χ0v) is 15.0. The van der Waals surface area contributed by atoms with Crippen molar-refractivity contribution in [3.05, 3.63) is 59.9 Å². The van der Waals surface area contributed by atoms with Crippen molar-refractivity contribution in [2.45, 2.75) is 31.4 Å². The molecule has 6 nitrogen and oxygen atoms in total. The highest BCUT2D eigenvalue weighted by Gasteiger charge is 2.44. The monoisotopic (exact) mass is 362 g/mol. The summed E-state index contributed by atoms with van der Waals surface area (Å²) in [6, 6.07) is 13.2. The second kappa shape index (κ2) is 7.77. The number of fused-ring (bicyclic) bond motifs is 3. The molecule has 2 aromatic rings. The molecule has 27 heavy (non-hydrogen) atoms. The number of nitrogens with zero attached hydrogens (tertiary/aromatic N) is 3. The summed E-state index contributed by atoms with van der Waals surface area (Å²) in [7, 11) is 0. The molecule has 3 aliphatic rings. The molecule has 2 bridgehead atoms. The largest absolute Gasteiger partial charge is 0.444 e. The van der Waals surface area contributed by atoms with Gasteiger partial charge in [-0.25, -0.2) is 4.79 Å². The number of nitriles is 1. The Morgan fingerprint density at radius 3 is 2.81 bits per heavy atom. The summed E-state index contributed by atoms with van der Waals surface area (Å²) in [6.07, 6.45) is 5.92. The topological polar surface area (TPSA) is 78.2 Å². The van der Waals surface area contributed by atoms with Crippen molar-refractivity contribution >= 4 is 11.8 Å². The van der Waals surface area contributed by atoms with E-state index in [0.29, 0.717) is 17.2 Å². The Hall–Kier alpha value is -2.91. The highest BCUT2D eigenvalue weighted by Crippen LogP contribution is 2.36. The van der Waals surface area contributed by atoms with Crippen LogP contribution in [0.15, 0.2) is 48.8 Å². The summed E-state index contributed by atoms with van der Waals surface area (Å²) in [5.74, 6) is 0.383. The normalized spacial score (nSPS) is 26.2. The number of pyridine rings is 1. The van der Waals surface area contributed by atoms with Crippen LogP contribution in [0.5, 0.6) is 0 Å². The van der Waals surface area contributed by atoms with Crippen LogP contribution < -0.4 is 5.32 Å². The van der Waals surface area contributed by atoms with E-state index in [2.05, 4.69) is 27.3 Å². The van der Waals surface area contributed by atoms with Crippen LogP contribution in [0, 0.1) is 17.2 Å². The minimum absolute atomic E-state index is 0.151. The SMILES string of the molecule is N#Cc1ccccc1NC(=O)O[C@@H]1C2CCN(CC2)[C@H]1Cc1cccnc1. The Balaban J connectivity index is 1.48. The number of ether oxygens (including phenoxy) is 1. The van der Waals surface area contributed by atoms with E-state index in [1.807, 2.05) is 12.3 Å². The summed E-state index contributed by atoms with van der Waals surface area (Å²) in [4.78, 5) is 19.2. The molecule has 3 fully saturated rings. The number of aromatic nitrogens is 1. The molecule has 0 radical (unpaired) electrons. The van der Waals surface area contributed by atoms with Crippen molar-refractivity contribution in [1.82, 2.24) is 9.88 Å². The van der Waals surface area contributed by atoms with Gasteiger partial charge in [0.25, 0.3) is 0 Å². The summed E-state index contributed by atoms with van der Waals surface area (Å²) >= 11 is 0. The van der Waals surface area contributed by atoms with Gasteiger partial charge >= 0.3 is 6.09 Å². The number of rotatable bonds is 4. The van der Waals surface area contributed by atoms with Gasteiger partial charge in [0.1, 0.15) is 12.2 Å². The molecule has 1 amide bonds. The molecule has 4 heterocycles. The van der Waals surface area contributed by atoms with Crippen LogP contribution in [0.25, 0.3) is 0 Å². The predicted molar refractivity (Wildman–Crippen MR) is 101 cm³/mol. The van der Waals surface area contributed by atoms with Crippen LogP contribution in [0.2, 0.25) is 0 Å². The van der Waals surface area contributed by atoms with Crippen molar-refractivity contribution in [1.29, 1.82) is 5.26 Å². The van der Waals surface area contributed by atoms with E-state index in [0.717, 1.165) is 37.9 Å². The Morgan fingerprint density at radius 2 is 2.07 bits per heavy atom. The fourth-order valence-electron chi connectivity index (χ4n) is 4.23. The average molecular weight is 362 g/mol. The van der Waals surface area contributed by atoms with Crippen LogP contribution in [0.1, 0.15) is 24.0 Å². The number of para-hydroxylation sites is 1. The number of carbonyl (C=O) groups excluding carboxylic acids is 1. The minimum atomic E-state index is -0.493. The van der Waals surface area contributed by atoms with E-state index in [-0.39, 0.29) is 12.1 Å². The van der Waals surface area contributed by atoms with Crippen LogP contribution in [-0.2, 0) is 11.2 Å².